The zero-order chi connectivity index (χ0) is 17.7. The second-order valence-electron chi connectivity index (χ2n) is 5.77. The van der Waals surface area contributed by atoms with Crippen molar-refractivity contribution < 1.29 is 14.7 Å². The lowest BCUT2D eigenvalue weighted by Crippen LogP contribution is -2.19. The van der Waals surface area contributed by atoms with Crippen molar-refractivity contribution in [2.24, 2.45) is 0 Å². The van der Waals surface area contributed by atoms with Crippen LogP contribution >= 0.6 is 31.9 Å². The van der Waals surface area contributed by atoms with E-state index in [4.69, 9.17) is 0 Å². The zero-order valence-corrected chi connectivity index (χ0v) is 15.9. The molecule has 1 aliphatic rings. The number of phenolic OH excluding ortho intramolecular Hbond substituents is 1. The summed E-state index contributed by atoms with van der Waals surface area (Å²) in [5.41, 5.74) is 2.07. The first-order chi connectivity index (χ1) is 12.0. The van der Waals surface area contributed by atoms with Gasteiger partial charge in [0.1, 0.15) is 5.75 Å². The SMILES string of the molecule is O=C1C=C(c2c(O)ccc3cc(Br)ccc23)c2cc(Br)ccc2C1=O. The molecule has 0 amide bonds. The minimum atomic E-state index is -0.585. The van der Waals surface area contributed by atoms with Gasteiger partial charge in [0.15, 0.2) is 0 Å². The summed E-state index contributed by atoms with van der Waals surface area (Å²) < 4.78 is 1.71. The Kier molecular flexibility index (Phi) is 3.85. The highest BCUT2D eigenvalue weighted by molar-refractivity contribution is 9.10. The quantitative estimate of drug-likeness (QED) is 0.506. The molecule has 3 aromatic carbocycles. The van der Waals surface area contributed by atoms with Gasteiger partial charge in [-0.3, -0.25) is 9.59 Å². The number of Topliss-reactive ketones (excluding diaryl/α,β-unsaturated/α-hetero) is 1. The number of rotatable bonds is 1. The van der Waals surface area contributed by atoms with E-state index in [0.717, 1.165) is 19.7 Å². The number of fused-ring (bicyclic) bond motifs is 2. The molecule has 0 aromatic heterocycles. The van der Waals surface area contributed by atoms with Crippen LogP contribution in [-0.2, 0) is 4.79 Å². The van der Waals surface area contributed by atoms with Crippen molar-refractivity contribution >= 4 is 59.8 Å². The highest BCUT2D eigenvalue weighted by Gasteiger charge is 2.28. The lowest BCUT2D eigenvalue weighted by molar-refractivity contribution is -0.111. The van der Waals surface area contributed by atoms with Crippen LogP contribution in [0.2, 0.25) is 0 Å². The topological polar surface area (TPSA) is 54.4 Å². The number of carbonyl (C=O) groups is 2. The fourth-order valence-corrected chi connectivity index (χ4v) is 3.86. The van der Waals surface area contributed by atoms with Crippen LogP contribution in [0.25, 0.3) is 16.3 Å². The minimum absolute atomic E-state index is 0.0640. The van der Waals surface area contributed by atoms with Crippen molar-refractivity contribution in [1.82, 2.24) is 0 Å². The fraction of sp³-hybridized carbons (Fsp3) is 0. The summed E-state index contributed by atoms with van der Waals surface area (Å²) in [6, 6.07) is 14.3. The standard InChI is InChI=1S/C20H10Br2O3/c21-11-2-4-13-10(7-11)1-6-17(23)19(13)16-9-18(24)20(25)14-5-3-12(22)8-15(14)16/h1-9,23H. The van der Waals surface area contributed by atoms with Crippen molar-refractivity contribution in [3.05, 3.63) is 80.2 Å². The van der Waals surface area contributed by atoms with E-state index in [-0.39, 0.29) is 5.75 Å². The Morgan fingerprint density at radius 3 is 2.32 bits per heavy atom. The van der Waals surface area contributed by atoms with Gasteiger partial charge in [-0.2, -0.15) is 0 Å². The molecular weight excluding hydrogens is 448 g/mol. The first-order valence-corrected chi connectivity index (χ1v) is 9.06. The number of benzene rings is 3. The average molecular weight is 458 g/mol. The molecule has 0 saturated carbocycles. The Morgan fingerprint density at radius 1 is 0.800 bits per heavy atom. The summed E-state index contributed by atoms with van der Waals surface area (Å²) >= 11 is 6.85. The van der Waals surface area contributed by atoms with Crippen LogP contribution in [0.1, 0.15) is 21.5 Å². The van der Waals surface area contributed by atoms with Crippen molar-refractivity contribution in [2.75, 3.05) is 0 Å². The van der Waals surface area contributed by atoms with Crippen molar-refractivity contribution in [1.29, 1.82) is 0 Å². The van der Waals surface area contributed by atoms with Crippen LogP contribution in [0, 0.1) is 0 Å². The highest BCUT2D eigenvalue weighted by atomic mass is 79.9. The van der Waals surface area contributed by atoms with Gasteiger partial charge in [-0.15, -0.1) is 0 Å². The predicted octanol–water partition coefficient (Wildman–Crippen LogP) is 5.27. The monoisotopic (exact) mass is 456 g/mol. The molecule has 0 spiro atoms. The molecule has 3 aromatic rings. The van der Waals surface area contributed by atoms with E-state index in [1.165, 1.54) is 6.08 Å². The molecule has 0 atom stereocenters. The Balaban J connectivity index is 2.09. The molecule has 3 nitrogen and oxygen atoms in total. The maximum absolute atomic E-state index is 12.2. The van der Waals surface area contributed by atoms with E-state index in [1.807, 2.05) is 24.3 Å². The molecule has 0 aliphatic heterocycles. The highest BCUT2D eigenvalue weighted by Crippen LogP contribution is 2.40. The predicted molar refractivity (Wildman–Crippen MR) is 104 cm³/mol. The molecule has 122 valence electrons. The normalized spacial score (nSPS) is 13.8. The first-order valence-electron chi connectivity index (χ1n) is 7.47. The average Bonchev–Trinajstić information content (AvgIpc) is 2.58. The first kappa shape index (κ1) is 16.2. The summed E-state index contributed by atoms with van der Waals surface area (Å²) in [4.78, 5) is 24.4. The number of aromatic hydroxyl groups is 1. The summed E-state index contributed by atoms with van der Waals surface area (Å²) in [5, 5.41) is 12.2. The number of carbonyl (C=O) groups excluding carboxylic acids is 2. The zero-order valence-electron chi connectivity index (χ0n) is 12.7. The smallest absolute Gasteiger partial charge is 0.233 e. The molecule has 1 aliphatic carbocycles. The Morgan fingerprint density at radius 2 is 1.52 bits per heavy atom. The summed E-state index contributed by atoms with van der Waals surface area (Å²) in [6.45, 7) is 0. The van der Waals surface area contributed by atoms with E-state index in [0.29, 0.717) is 22.3 Å². The molecule has 25 heavy (non-hydrogen) atoms. The van der Waals surface area contributed by atoms with Gasteiger partial charge in [0, 0.05) is 20.1 Å². The molecule has 0 fully saturated rings. The minimum Gasteiger partial charge on any atom is -0.507 e. The third kappa shape index (κ3) is 2.64. The van der Waals surface area contributed by atoms with Gasteiger partial charge < -0.3 is 5.11 Å². The third-order valence-electron chi connectivity index (χ3n) is 4.24. The van der Waals surface area contributed by atoms with E-state index < -0.39 is 11.6 Å². The van der Waals surface area contributed by atoms with Crippen LogP contribution < -0.4 is 0 Å². The van der Waals surface area contributed by atoms with E-state index in [2.05, 4.69) is 31.9 Å². The van der Waals surface area contributed by atoms with Crippen LogP contribution in [0.15, 0.2) is 63.6 Å². The number of ketones is 2. The summed E-state index contributed by atoms with van der Waals surface area (Å²) in [7, 11) is 0. The Bertz CT molecular complexity index is 1110. The maximum atomic E-state index is 12.2. The second kappa shape index (κ2) is 5.93. The van der Waals surface area contributed by atoms with Crippen LogP contribution in [0.5, 0.6) is 5.75 Å². The van der Waals surface area contributed by atoms with Crippen molar-refractivity contribution in [3.63, 3.8) is 0 Å². The molecule has 1 N–H and O–H groups in total. The molecule has 0 bridgehead atoms. The molecule has 4 rings (SSSR count). The fourth-order valence-electron chi connectivity index (χ4n) is 3.12. The van der Waals surface area contributed by atoms with E-state index in [1.54, 1.807) is 24.3 Å². The van der Waals surface area contributed by atoms with Crippen LogP contribution in [-0.4, -0.2) is 16.7 Å². The largest absolute Gasteiger partial charge is 0.507 e. The maximum Gasteiger partial charge on any atom is 0.233 e. The van der Waals surface area contributed by atoms with Gasteiger partial charge in [-0.05, 0) is 64.4 Å². The van der Waals surface area contributed by atoms with Crippen LogP contribution in [0.4, 0.5) is 0 Å². The van der Waals surface area contributed by atoms with Gasteiger partial charge in [-0.1, -0.05) is 44.0 Å². The lowest BCUT2D eigenvalue weighted by atomic mass is 9.83. The van der Waals surface area contributed by atoms with Gasteiger partial charge >= 0.3 is 0 Å². The lowest BCUT2D eigenvalue weighted by Gasteiger charge is -2.19. The molecule has 5 heteroatoms. The Labute approximate surface area is 160 Å². The van der Waals surface area contributed by atoms with Gasteiger partial charge in [0.25, 0.3) is 0 Å². The molecule has 0 radical (unpaired) electrons. The van der Waals surface area contributed by atoms with Gasteiger partial charge in [0.2, 0.25) is 11.6 Å². The molecule has 0 unspecified atom stereocenters. The van der Waals surface area contributed by atoms with Crippen LogP contribution in [0.3, 0.4) is 0 Å². The van der Waals surface area contributed by atoms with Crippen molar-refractivity contribution in [3.8, 4) is 5.75 Å². The third-order valence-corrected chi connectivity index (χ3v) is 5.23. The second-order valence-corrected chi connectivity index (χ2v) is 7.60. The molecule has 0 heterocycles. The number of phenols is 1. The molecule has 0 saturated heterocycles. The molecular formula is C20H10Br2O3. The number of allylic oxidation sites excluding steroid dienone is 1. The van der Waals surface area contributed by atoms with Crippen molar-refractivity contribution in [2.45, 2.75) is 0 Å². The number of hydrogen-bond acceptors (Lipinski definition) is 3. The van der Waals surface area contributed by atoms with Gasteiger partial charge in [-0.25, -0.2) is 0 Å². The van der Waals surface area contributed by atoms with E-state index >= 15 is 0 Å². The number of halogens is 2. The van der Waals surface area contributed by atoms with E-state index in [9.17, 15) is 14.7 Å². The van der Waals surface area contributed by atoms with Gasteiger partial charge in [0.05, 0.1) is 0 Å². The Hall–Kier alpha value is -2.24. The number of hydrogen-bond donors (Lipinski definition) is 1. The summed E-state index contributed by atoms with van der Waals surface area (Å²) in [6.07, 6.45) is 1.31. The summed E-state index contributed by atoms with van der Waals surface area (Å²) in [5.74, 6) is -1.05.